The highest BCUT2D eigenvalue weighted by Crippen LogP contribution is 2.20. The van der Waals surface area contributed by atoms with E-state index in [0.717, 1.165) is 21.7 Å². The third-order valence-corrected chi connectivity index (χ3v) is 2.80. The molecule has 2 aromatic heterocycles. The number of pyridine rings is 1. The first-order chi connectivity index (χ1) is 7.66. The van der Waals surface area contributed by atoms with Crippen molar-refractivity contribution in [3.05, 3.63) is 34.5 Å². The Morgan fingerprint density at radius 3 is 2.94 bits per heavy atom. The summed E-state index contributed by atoms with van der Waals surface area (Å²) < 4.78 is 2.82. The number of nitrogens with zero attached hydrogens (tertiary/aromatic N) is 4. The first-order valence-corrected chi connectivity index (χ1v) is 5.65. The van der Waals surface area contributed by atoms with E-state index in [1.165, 1.54) is 0 Å². The average molecular weight is 282 g/mol. The van der Waals surface area contributed by atoms with E-state index in [4.69, 9.17) is 0 Å². The molecule has 0 spiro atoms. The average Bonchev–Trinajstić information content (AvgIpc) is 2.63. The van der Waals surface area contributed by atoms with E-state index in [2.05, 4.69) is 36.4 Å². The van der Waals surface area contributed by atoms with E-state index in [1.54, 1.807) is 6.33 Å². The second kappa shape index (κ2) is 4.61. The normalized spacial score (nSPS) is 10.4. The van der Waals surface area contributed by atoms with Crippen molar-refractivity contribution < 1.29 is 0 Å². The van der Waals surface area contributed by atoms with Crippen LogP contribution in [0.1, 0.15) is 11.4 Å². The van der Waals surface area contributed by atoms with E-state index in [0.29, 0.717) is 6.54 Å². The highest BCUT2D eigenvalue weighted by Gasteiger charge is 2.04. The maximum absolute atomic E-state index is 4.29. The molecule has 0 fully saturated rings. The number of aromatic nitrogens is 4. The lowest BCUT2D eigenvalue weighted by Gasteiger charge is -2.07. The van der Waals surface area contributed by atoms with Crippen LogP contribution in [0.15, 0.2) is 23.1 Å². The molecule has 2 rings (SSSR count). The Bertz CT molecular complexity index is 494. The molecule has 6 heteroatoms. The fraction of sp³-hybridized carbons (Fsp3) is 0.300. The molecular weight excluding hydrogens is 270 g/mol. The lowest BCUT2D eigenvalue weighted by atomic mass is 10.3. The van der Waals surface area contributed by atoms with E-state index in [9.17, 15) is 0 Å². The summed E-state index contributed by atoms with van der Waals surface area (Å²) in [4.78, 5) is 4.29. The predicted octanol–water partition coefficient (Wildman–Crippen LogP) is 1.89. The molecular formula is C10H12BrN5. The van der Waals surface area contributed by atoms with Crippen molar-refractivity contribution in [2.24, 2.45) is 7.05 Å². The highest BCUT2D eigenvalue weighted by molar-refractivity contribution is 9.10. The number of halogens is 1. The maximum Gasteiger partial charge on any atom is 0.151 e. The molecule has 0 saturated heterocycles. The van der Waals surface area contributed by atoms with Crippen molar-refractivity contribution in [3.8, 4) is 0 Å². The van der Waals surface area contributed by atoms with Gasteiger partial charge in [-0.3, -0.25) is 0 Å². The summed E-state index contributed by atoms with van der Waals surface area (Å²) >= 11 is 3.46. The number of rotatable bonds is 3. The van der Waals surface area contributed by atoms with Crippen molar-refractivity contribution in [1.82, 2.24) is 19.7 Å². The van der Waals surface area contributed by atoms with Crippen molar-refractivity contribution in [3.63, 3.8) is 0 Å². The summed E-state index contributed by atoms with van der Waals surface area (Å²) in [6, 6.07) is 2.02. The summed E-state index contributed by atoms with van der Waals surface area (Å²) in [6.45, 7) is 2.61. The van der Waals surface area contributed by atoms with Crippen molar-refractivity contribution >= 4 is 21.7 Å². The summed E-state index contributed by atoms with van der Waals surface area (Å²) in [7, 11) is 1.91. The topological polar surface area (TPSA) is 55.6 Å². The number of nitrogens with one attached hydrogen (secondary N) is 1. The van der Waals surface area contributed by atoms with Crippen LogP contribution in [0.3, 0.4) is 0 Å². The summed E-state index contributed by atoms with van der Waals surface area (Å²) in [5, 5.41) is 11.0. The molecule has 84 valence electrons. The van der Waals surface area contributed by atoms with Gasteiger partial charge in [-0.15, -0.1) is 10.2 Å². The van der Waals surface area contributed by atoms with E-state index in [1.807, 2.05) is 30.8 Å². The van der Waals surface area contributed by atoms with Gasteiger partial charge in [0.2, 0.25) is 0 Å². The minimum Gasteiger partial charge on any atom is -0.362 e. The second-order valence-corrected chi connectivity index (χ2v) is 4.41. The lowest BCUT2D eigenvalue weighted by molar-refractivity contribution is 0.810. The van der Waals surface area contributed by atoms with E-state index >= 15 is 0 Å². The number of hydrogen-bond acceptors (Lipinski definition) is 4. The molecule has 2 aromatic rings. The second-order valence-electron chi connectivity index (χ2n) is 3.55. The van der Waals surface area contributed by atoms with Crippen LogP contribution in [0.25, 0.3) is 0 Å². The van der Waals surface area contributed by atoms with Crippen LogP contribution >= 0.6 is 15.9 Å². The quantitative estimate of drug-likeness (QED) is 0.934. The zero-order valence-electron chi connectivity index (χ0n) is 9.11. The molecule has 0 atom stereocenters. The van der Waals surface area contributed by atoms with E-state index < -0.39 is 0 Å². The van der Waals surface area contributed by atoms with Crippen molar-refractivity contribution in [2.45, 2.75) is 13.5 Å². The molecule has 0 aliphatic heterocycles. The molecule has 2 heterocycles. The number of aryl methyl sites for hydroxylation is 2. The van der Waals surface area contributed by atoms with Gasteiger partial charge < -0.3 is 9.88 Å². The van der Waals surface area contributed by atoms with Gasteiger partial charge in [0, 0.05) is 13.2 Å². The molecule has 0 aliphatic carbocycles. The van der Waals surface area contributed by atoms with Gasteiger partial charge in [-0.1, -0.05) is 0 Å². The summed E-state index contributed by atoms with van der Waals surface area (Å²) in [5.41, 5.74) is 1.12. The van der Waals surface area contributed by atoms with Gasteiger partial charge in [0.1, 0.15) is 12.1 Å². The molecule has 0 amide bonds. The van der Waals surface area contributed by atoms with Crippen LogP contribution in [0.5, 0.6) is 0 Å². The van der Waals surface area contributed by atoms with Gasteiger partial charge in [0.25, 0.3) is 0 Å². The Hall–Kier alpha value is -1.43. The van der Waals surface area contributed by atoms with Gasteiger partial charge in [0.15, 0.2) is 5.82 Å². The van der Waals surface area contributed by atoms with Crippen LogP contribution in [-0.4, -0.2) is 19.7 Å². The molecule has 0 saturated carbocycles. The zero-order valence-corrected chi connectivity index (χ0v) is 10.7. The van der Waals surface area contributed by atoms with Crippen LogP contribution in [0, 0.1) is 6.92 Å². The monoisotopic (exact) mass is 281 g/mol. The van der Waals surface area contributed by atoms with Crippen molar-refractivity contribution in [2.75, 3.05) is 5.32 Å². The third kappa shape index (κ3) is 2.38. The lowest BCUT2D eigenvalue weighted by Crippen LogP contribution is -2.07. The number of anilines is 1. The van der Waals surface area contributed by atoms with Crippen LogP contribution in [-0.2, 0) is 13.6 Å². The highest BCUT2D eigenvalue weighted by atomic mass is 79.9. The largest absolute Gasteiger partial charge is 0.362 e. The van der Waals surface area contributed by atoms with Crippen LogP contribution < -0.4 is 5.32 Å². The summed E-state index contributed by atoms with van der Waals surface area (Å²) in [6.07, 6.45) is 3.50. The van der Waals surface area contributed by atoms with Gasteiger partial charge in [0.05, 0.1) is 11.0 Å². The molecule has 0 aliphatic rings. The minimum atomic E-state index is 0.602. The fourth-order valence-electron chi connectivity index (χ4n) is 1.29. The molecule has 16 heavy (non-hydrogen) atoms. The molecule has 0 radical (unpaired) electrons. The Balaban J connectivity index is 2.08. The van der Waals surface area contributed by atoms with Crippen LogP contribution in [0.2, 0.25) is 0 Å². The Morgan fingerprint density at radius 1 is 1.50 bits per heavy atom. The molecule has 0 bridgehead atoms. The predicted molar refractivity (Wildman–Crippen MR) is 65.0 cm³/mol. The molecule has 0 unspecified atom stereocenters. The van der Waals surface area contributed by atoms with Gasteiger partial charge in [-0.2, -0.15) is 0 Å². The minimum absolute atomic E-state index is 0.602. The third-order valence-electron chi connectivity index (χ3n) is 2.20. The van der Waals surface area contributed by atoms with Gasteiger partial charge >= 0.3 is 0 Å². The Kier molecular flexibility index (Phi) is 3.19. The van der Waals surface area contributed by atoms with Gasteiger partial charge in [-0.25, -0.2) is 4.98 Å². The molecule has 5 nitrogen and oxygen atoms in total. The maximum atomic E-state index is 4.29. The van der Waals surface area contributed by atoms with Crippen LogP contribution in [0.4, 0.5) is 5.82 Å². The SMILES string of the molecule is Cc1cnc(NCc2nncn2C)c(Br)c1. The number of hydrogen-bond donors (Lipinski definition) is 1. The molecule has 1 N–H and O–H groups in total. The first-order valence-electron chi connectivity index (χ1n) is 4.85. The Labute approximate surface area is 102 Å². The standard InChI is InChI=1S/C10H12BrN5/c1-7-3-8(11)10(12-4-7)13-5-9-15-14-6-16(9)2/h3-4,6H,5H2,1-2H3,(H,12,13). The zero-order chi connectivity index (χ0) is 11.5. The Morgan fingerprint density at radius 2 is 2.31 bits per heavy atom. The first kappa shape index (κ1) is 11.1. The van der Waals surface area contributed by atoms with Gasteiger partial charge in [-0.05, 0) is 34.5 Å². The van der Waals surface area contributed by atoms with E-state index in [-0.39, 0.29) is 0 Å². The fourth-order valence-corrected chi connectivity index (χ4v) is 1.90. The smallest absolute Gasteiger partial charge is 0.151 e. The summed E-state index contributed by atoms with van der Waals surface area (Å²) in [5.74, 6) is 1.68. The van der Waals surface area contributed by atoms with Crippen molar-refractivity contribution in [1.29, 1.82) is 0 Å². The molecule has 0 aromatic carbocycles.